The Morgan fingerprint density at radius 2 is 1.73 bits per heavy atom. The zero-order valence-electron chi connectivity index (χ0n) is 11.8. The maximum absolute atomic E-state index is 12.1. The summed E-state index contributed by atoms with van der Waals surface area (Å²) in [5.41, 5.74) is 1.73. The number of hydrogen-bond donors (Lipinski definition) is 2. The van der Waals surface area contributed by atoms with Crippen molar-refractivity contribution >= 4 is 52.2 Å². The Morgan fingerprint density at radius 3 is 2.41 bits per heavy atom. The summed E-state index contributed by atoms with van der Waals surface area (Å²) >= 11 is 18.0. The minimum atomic E-state index is -0.468. The fraction of sp³-hybridized carbons (Fsp3) is 0.133. The Hall–Kier alpha value is -1.62. The number of urea groups is 1. The normalized spacial score (nSPS) is 10.2. The Labute approximate surface area is 143 Å². The number of rotatable bonds is 3. The average molecular weight is 360 g/mol. The van der Waals surface area contributed by atoms with Gasteiger partial charge in [0.15, 0.2) is 0 Å². The fourth-order valence-corrected chi connectivity index (χ4v) is 2.31. The summed E-state index contributed by atoms with van der Waals surface area (Å²) in [6.45, 7) is 1.83. The Balaban J connectivity index is 2.19. The van der Waals surface area contributed by atoms with Crippen molar-refractivity contribution in [1.82, 2.24) is 0 Å². The minimum absolute atomic E-state index is 0.276. The molecule has 0 saturated heterocycles. The van der Waals surface area contributed by atoms with Gasteiger partial charge in [0.1, 0.15) is 5.75 Å². The first kappa shape index (κ1) is 16.7. The molecule has 4 nitrogen and oxygen atoms in total. The lowest BCUT2D eigenvalue weighted by Crippen LogP contribution is -2.20. The van der Waals surface area contributed by atoms with Crippen LogP contribution in [-0.4, -0.2) is 13.1 Å². The molecule has 2 aromatic rings. The third-order valence-corrected chi connectivity index (χ3v) is 4.15. The van der Waals surface area contributed by atoms with Gasteiger partial charge in [-0.05, 0) is 30.7 Å². The molecule has 7 heteroatoms. The van der Waals surface area contributed by atoms with E-state index in [9.17, 15) is 4.79 Å². The lowest BCUT2D eigenvalue weighted by atomic mass is 10.2. The number of benzene rings is 2. The van der Waals surface area contributed by atoms with Crippen molar-refractivity contribution < 1.29 is 9.53 Å². The van der Waals surface area contributed by atoms with Crippen LogP contribution in [0.15, 0.2) is 30.3 Å². The van der Waals surface area contributed by atoms with Gasteiger partial charge in [-0.3, -0.25) is 0 Å². The van der Waals surface area contributed by atoms with Crippen LogP contribution >= 0.6 is 34.8 Å². The molecule has 0 spiro atoms. The van der Waals surface area contributed by atoms with Crippen LogP contribution in [0.1, 0.15) is 5.56 Å². The van der Waals surface area contributed by atoms with E-state index in [1.807, 2.05) is 6.92 Å². The summed E-state index contributed by atoms with van der Waals surface area (Å²) in [5.74, 6) is 0.461. The first-order chi connectivity index (χ1) is 10.4. The highest BCUT2D eigenvalue weighted by molar-refractivity contribution is 6.44. The van der Waals surface area contributed by atoms with Crippen molar-refractivity contribution in [3.8, 4) is 5.75 Å². The van der Waals surface area contributed by atoms with E-state index in [2.05, 4.69) is 10.6 Å². The molecule has 2 N–H and O–H groups in total. The van der Waals surface area contributed by atoms with Crippen molar-refractivity contribution in [2.45, 2.75) is 6.92 Å². The fourth-order valence-electron chi connectivity index (χ4n) is 1.81. The van der Waals surface area contributed by atoms with Crippen LogP contribution in [0.3, 0.4) is 0 Å². The molecule has 0 aliphatic carbocycles. The zero-order valence-corrected chi connectivity index (χ0v) is 14.1. The number of amides is 2. The second-order valence-electron chi connectivity index (χ2n) is 4.48. The van der Waals surface area contributed by atoms with E-state index in [4.69, 9.17) is 39.5 Å². The second kappa shape index (κ2) is 7.09. The van der Waals surface area contributed by atoms with E-state index in [1.54, 1.807) is 30.3 Å². The predicted molar refractivity (Wildman–Crippen MR) is 91.8 cm³/mol. The number of nitrogens with one attached hydrogen (secondary N) is 2. The molecule has 0 aromatic heterocycles. The number of methoxy groups -OCH3 is 1. The third kappa shape index (κ3) is 3.77. The van der Waals surface area contributed by atoms with E-state index >= 15 is 0 Å². The summed E-state index contributed by atoms with van der Waals surface area (Å²) in [7, 11) is 1.50. The average Bonchev–Trinajstić information content (AvgIpc) is 2.47. The van der Waals surface area contributed by atoms with Gasteiger partial charge in [0, 0.05) is 11.1 Å². The highest BCUT2D eigenvalue weighted by atomic mass is 35.5. The third-order valence-electron chi connectivity index (χ3n) is 2.93. The lowest BCUT2D eigenvalue weighted by Gasteiger charge is -2.13. The molecule has 2 amide bonds. The van der Waals surface area contributed by atoms with Crippen LogP contribution in [0.2, 0.25) is 15.1 Å². The number of anilines is 2. The van der Waals surface area contributed by atoms with Gasteiger partial charge in [-0.15, -0.1) is 0 Å². The quantitative estimate of drug-likeness (QED) is 0.748. The first-order valence-electron chi connectivity index (χ1n) is 6.28. The van der Waals surface area contributed by atoms with Gasteiger partial charge < -0.3 is 15.4 Å². The number of aryl methyl sites for hydroxylation is 1. The molecule has 0 aliphatic rings. The number of hydrogen-bond acceptors (Lipinski definition) is 2. The van der Waals surface area contributed by atoms with Gasteiger partial charge in [0.2, 0.25) is 0 Å². The van der Waals surface area contributed by atoms with Crippen LogP contribution in [0.25, 0.3) is 0 Å². The van der Waals surface area contributed by atoms with Crippen LogP contribution in [0, 0.1) is 6.92 Å². The highest BCUT2D eigenvalue weighted by Crippen LogP contribution is 2.32. The molecule has 0 bridgehead atoms. The van der Waals surface area contributed by atoms with Gasteiger partial charge in [0.05, 0.1) is 28.5 Å². The summed E-state index contributed by atoms with van der Waals surface area (Å²) in [6, 6.07) is 7.87. The number of carbonyl (C=O) groups excluding carboxylic acids is 1. The molecule has 0 radical (unpaired) electrons. The topological polar surface area (TPSA) is 50.4 Å². The van der Waals surface area contributed by atoms with Gasteiger partial charge in [-0.2, -0.15) is 0 Å². The standard InChI is InChI=1S/C15H13Cl3N2O2/c1-8-6-12(13(22-2)7-10(8)17)20-15(21)19-11-5-3-4-9(16)14(11)18/h3-7H,1-2H3,(H2,19,20,21). The van der Waals surface area contributed by atoms with Gasteiger partial charge >= 0.3 is 6.03 Å². The number of carbonyl (C=O) groups is 1. The van der Waals surface area contributed by atoms with E-state index < -0.39 is 6.03 Å². The summed E-state index contributed by atoms with van der Waals surface area (Å²) in [6.07, 6.45) is 0. The number of ether oxygens (including phenoxy) is 1. The SMILES string of the molecule is COc1cc(Cl)c(C)cc1NC(=O)Nc1cccc(Cl)c1Cl. The minimum Gasteiger partial charge on any atom is -0.495 e. The summed E-state index contributed by atoms with van der Waals surface area (Å²) < 4.78 is 5.20. The molecule has 0 saturated carbocycles. The van der Waals surface area contributed by atoms with Crippen molar-refractivity contribution in [1.29, 1.82) is 0 Å². The van der Waals surface area contributed by atoms with Crippen LogP contribution in [0.5, 0.6) is 5.75 Å². The molecular formula is C15H13Cl3N2O2. The molecule has 0 aliphatic heterocycles. The maximum Gasteiger partial charge on any atom is 0.323 e. The summed E-state index contributed by atoms with van der Waals surface area (Å²) in [5, 5.41) is 6.51. The van der Waals surface area contributed by atoms with Crippen molar-refractivity contribution in [2.24, 2.45) is 0 Å². The molecule has 0 fully saturated rings. The molecule has 116 valence electrons. The van der Waals surface area contributed by atoms with Gasteiger partial charge in [0.25, 0.3) is 0 Å². The highest BCUT2D eigenvalue weighted by Gasteiger charge is 2.12. The van der Waals surface area contributed by atoms with Crippen LogP contribution in [0.4, 0.5) is 16.2 Å². The smallest absolute Gasteiger partial charge is 0.323 e. The van der Waals surface area contributed by atoms with Crippen molar-refractivity contribution in [2.75, 3.05) is 17.7 Å². The Kier molecular flexibility index (Phi) is 5.40. The van der Waals surface area contributed by atoms with E-state index in [0.29, 0.717) is 27.2 Å². The van der Waals surface area contributed by atoms with Crippen molar-refractivity contribution in [3.05, 3.63) is 51.0 Å². The molecule has 0 unspecified atom stereocenters. The monoisotopic (exact) mass is 358 g/mol. The molecule has 0 heterocycles. The zero-order chi connectivity index (χ0) is 16.3. The van der Waals surface area contributed by atoms with Crippen LogP contribution < -0.4 is 15.4 Å². The van der Waals surface area contributed by atoms with Crippen LogP contribution in [-0.2, 0) is 0 Å². The largest absolute Gasteiger partial charge is 0.495 e. The molecule has 22 heavy (non-hydrogen) atoms. The lowest BCUT2D eigenvalue weighted by molar-refractivity contribution is 0.262. The first-order valence-corrected chi connectivity index (χ1v) is 7.42. The van der Waals surface area contributed by atoms with Gasteiger partial charge in [-0.25, -0.2) is 4.79 Å². The Morgan fingerprint density at radius 1 is 1.05 bits per heavy atom. The van der Waals surface area contributed by atoms with E-state index in [1.165, 1.54) is 7.11 Å². The number of halogens is 3. The molecule has 0 atom stereocenters. The summed E-state index contributed by atoms with van der Waals surface area (Å²) in [4.78, 5) is 12.1. The molecule has 2 aromatic carbocycles. The van der Waals surface area contributed by atoms with Crippen molar-refractivity contribution in [3.63, 3.8) is 0 Å². The van der Waals surface area contributed by atoms with Gasteiger partial charge in [-0.1, -0.05) is 40.9 Å². The van der Waals surface area contributed by atoms with E-state index in [-0.39, 0.29) is 5.02 Å². The van der Waals surface area contributed by atoms with E-state index in [0.717, 1.165) is 5.56 Å². The molecule has 2 rings (SSSR count). The predicted octanol–water partition coefficient (Wildman–Crippen LogP) is 5.61. The molecular weight excluding hydrogens is 347 g/mol. The Bertz CT molecular complexity index is 720. The maximum atomic E-state index is 12.1. The second-order valence-corrected chi connectivity index (χ2v) is 5.67.